The molecule has 1 spiro atoms. The van der Waals surface area contributed by atoms with Crippen molar-refractivity contribution >= 4 is 0 Å². The maximum atomic E-state index is 5.70. The van der Waals surface area contributed by atoms with Crippen LogP contribution in [-0.2, 0) is 9.47 Å². The van der Waals surface area contributed by atoms with Crippen LogP contribution in [0.5, 0.6) is 0 Å². The Balaban J connectivity index is 1.83. The molecule has 0 saturated carbocycles. The minimum atomic E-state index is 0.211. The SMILES string of the molecule is CC(C)=CCCC(C)[C@H]1COCC[C@]12CO2. The van der Waals surface area contributed by atoms with Crippen LogP contribution in [0.3, 0.4) is 0 Å². The maximum absolute atomic E-state index is 5.70. The minimum Gasteiger partial charge on any atom is -0.381 e. The lowest BCUT2D eigenvalue weighted by Gasteiger charge is -2.33. The summed E-state index contributed by atoms with van der Waals surface area (Å²) in [6, 6.07) is 0. The van der Waals surface area contributed by atoms with Gasteiger partial charge >= 0.3 is 0 Å². The van der Waals surface area contributed by atoms with Gasteiger partial charge in [-0.15, -0.1) is 0 Å². The molecule has 0 bridgehead atoms. The van der Waals surface area contributed by atoms with Crippen molar-refractivity contribution in [2.45, 2.75) is 45.6 Å². The number of hydrogen-bond acceptors (Lipinski definition) is 2. The predicted molar refractivity (Wildman–Crippen MR) is 65.4 cm³/mol. The number of hydrogen-bond donors (Lipinski definition) is 0. The van der Waals surface area contributed by atoms with Crippen LogP contribution in [0.25, 0.3) is 0 Å². The van der Waals surface area contributed by atoms with Crippen molar-refractivity contribution in [3.63, 3.8) is 0 Å². The summed E-state index contributed by atoms with van der Waals surface area (Å²) >= 11 is 0. The number of epoxide rings is 1. The Hall–Kier alpha value is -0.340. The Morgan fingerprint density at radius 2 is 2.25 bits per heavy atom. The van der Waals surface area contributed by atoms with Crippen LogP contribution in [0.15, 0.2) is 11.6 Å². The normalized spacial score (nSPS) is 34.8. The van der Waals surface area contributed by atoms with Crippen LogP contribution in [0.4, 0.5) is 0 Å². The van der Waals surface area contributed by atoms with Gasteiger partial charge in [0.05, 0.1) is 18.8 Å². The summed E-state index contributed by atoms with van der Waals surface area (Å²) < 4.78 is 11.3. The van der Waals surface area contributed by atoms with Crippen LogP contribution >= 0.6 is 0 Å². The first-order chi connectivity index (χ1) is 7.64. The molecule has 2 aliphatic heterocycles. The van der Waals surface area contributed by atoms with E-state index in [0.29, 0.717) is 11.8 Å². The molecule has 0 N–H and O–H groups in total. The fraction of sp³-hybridized carbons (Fsp3) is 0.857. The largest absolute Gasteiger partial charge is 0.381 e. The number of allylic oxidation sites excluding steroid dienone is 2. The van der Waals surface area contributed by atoms with Gasteiger partial charge < -0.3 is 9.47 Å². The van der Waals surface area contributed by atoms with E-state index in [1.807, 2.05) is 0 Å². The first-order valence-corrected chi connectivity index (χ1v) is 6.49. The summed E-state index contributed by atoms with van der Waals surface area (Å²) in [5, 5.41) is 0. The second-order valence-electron chi connectivity index (χ2n) is 5.62. The van der Waals surface area contributed by atoms with Crippen molar-refractivity contribution in [2.75, 3.05) is 19.8 Å². The monoisotopic (exact) mass is 224 g/mol. The Morgan fingerprint density at radius 1 is 1.50 bits per heavy atom. The molecule has 2 fully saturated rings. The average Bonchev–Trinajstić information content (AvgIpc) is 2.98. The molecule has 2 aliphatic rings. The lowest BCUT2D eigenvalue weighted by atomic mass is 9.78. The van der Waals surface area contributed by atoms with E-state index < -0.39 is 0 Å². The molecule has 0 aromatic rings. The third kappa shape index (κ3) is 2.67. The highest BCUT2D eigenvalue weighted by Gasteiger charge is 2.54. The van der Waals surface area contributed by atoms with Gasteiger partial charge in [-0.05, 0) is 32.6 Å². The summed E-state index contributed by atoms with van der Waals surface area (Å²) in [5.74, 6) is 1.32. The zero-order chi connectivity index (χ0) is 11.6. The highest BCUT2D eigenvalue weighted by molar-refractivity contribution is 5.02. The second kappa shape index (κ2) is 4.89. The molecule has 2 heteroatoms. The molecule has 2 nitrogen and oxygen atoms in total. The van der Waals surface area contributed by atoms with Gasteiger partial charge in [0, 0.05) is 18.9 Å². The van der Waals surface area contributed by atoms with Gasteiger partial charge in [-0.25, -0.2) is 0 Å². The Labute approximate surface area is 99.0 Å². The first kappa shape index (κ1) is 12.1. The third-order valence-corrected chi connectivity index (χ3v) is 4.02. The summed E-state index contributed by atoms with van der Waals surface area (Å²) in [7, 11) is 0. The van der Waals surface area contributed by atoms with E-state index in [9.17, 15) is 0 Å². The molecule has 0 aromatic heterocycles. The van der Waals surface area contributed by atoms with Crippen LogP contribution in [0.2, 0.25) is 0 Å². The van der Waals surface area contributed by atoms with Crippen LogP contribution in [-0.4, -0.2) is 25.4 Å². The van der Waals surface area contributed by atoms with Crippen molar-refractivity contribution in [1.29, 1.82) is 0 Å². The van der Waals surface area contributed by atoms with E-state index in [-0.39, 0.29) is 5.60 Å². The second-order valence-corrected chi connectivity index (χ2v) is 5.62. The fourth-order valence-corrected chi connectivity index (χ4v) is 2.76. The topological polar surface area (TPSA) is 21.8 Å². The number of rotatable bonds is 4. The molecule has 0 aliphatic carbocycles. The van der Waals surface area contributed by atoms with E-state index in [0.717, 1.165) is 26.2 Å². The van der Waals surface area contributed by atoms with Crippen molar-refractivity contribution < 1.29 is 9.47 Å². The van der Waals surface area contributed by atoms with Gasteiger partial charge in [0.1, 0.15) is 0 Å². The lowest BCUT2D eigenvalue weighted by Crippen LogP contribution is -2.39. The van der Waals surface area contributed by atoms with E-state index in [2.05, 4.69) is 26.8 Å². The van der Waals surface area contributed by atoms with Crippen molar-refractivity contribution in [2.24, 2.45) is 11.8 Å². The van der Waals surface area contributed by atoms with Gasteiger partial charge in [-0.1, -0.05) is 18.6 Å². The molecular weight excluding hydrogens is 200 g/mol. The van der Waals surface area contributed by atoms with Crippen LogP contribution in [0.1, 0.15) is 40.0 Å². The number of ether oxygens (including phenoxy) is 2. The molecular formula is C14H24O2. The molecule has 2 heterocycles. The van der Waals surface area contributed by atoms with Gasteiger partial charge in [0.25, 0.3) is 0 Å². The Bertz CT molecular complexity index is 262. The van der Waals surface area contributed by atoms with Crippen molar-refractivity contribution in [1.82, 2.24) is 0 Å². The zero-order valence-corrected chi connectivity index (χ0v) is 10.8. The molecule has 2 saturated heterocycles. The first-order valence-electron chi connectivity index (χ1n) is 6.49. The highest BCUT2D eigenvalue weighted by Crippen LogP contribution is 2.45. The summed E-state index contributed by atoms with van der Waals surface area (Å²) in [4.78, 5) is 0. The molecule has 3 atom stereocenters. The van der Waals surface area contributed by atoms with Crippen LogP contribution < -0.4 is 0 Å². The van der Waals surface area contributed by atoms with Gasteiger partial charge in [0.15, 0.2) is 0 Å². The molecule has 0 amide bonds. The molecule has 0 aromatic carbocycles. The Kier molecular flexibility index (Phi) is 3.70. The summed E-state index contributed by atoms with van der Waals surface area (Å²) in [6.45, 7) is 9.43. The van der Waals surface area contributed by atoms with Gasteiger partial charge in [-0.3, -0.25) is 0 Å². The summed E-state index contributed by atoms with van der Waals surface area (Å²) in [6.07, 6.45) is 5.88. The van der Waals surface area contributed by atoms with E-state index >= 15 is 0 Å². The van der Waals surface area contributed by atoms with E-state index in [1.54, 1.807) is 0 Å². The fourth-order valence-electron chi connectivity index (χ4n) is 2.76. The molecule has 16 heavy (non-hydrogen) atoms. The quantitative estimate of drug-likeness (QED) is 0.540. The Morgan fingerprint density at radius 3 is 2.88 bits per heavy atom. The lowest BCUT2D eigenvalue weighted by molar-refractivity contribution is -0.0231. The predicted octanol–water partition coefficient (Wildman–Crippen LogP) is 3.17. The van der Waals surface area contributed by atoms with Gasteiger partial charge in [0.2, 0.25) is 0 Å². The van der Waals surface area contributed by atoms with Gasteiger partial charge in [-0.2, -0.15) is 0 Å². The van der Waals surface area contributed by atoms with E-state index in [4.69, 9.17) is 9.47 Å². The standard InChI is InChI=1S/C14H24O2/c1-11(2)5-4-6-12(3)13-9-15-8-7-14(13)10-16-14/h5,12-13H,4,6-10H2,1-3H3/t12?,13-,14+/m1/s1. The third-order valence-electron chi connectivity index (χ3n) is 4.02. The van der Waals surface area contributed by atoms with Crippen molar-refractivity contribution in [3.8, 4) is 0 Å². The van der Waals surface area contributed by atoms with E-state index in [1.165, 1.54) is 18.4 Å². The van der Waals surface area contributed by atoms with Crippen molar-refractivity contribution in [3.05, 3.63) is 11.6 Å². The molecule has 2 rings (SSSR count). The minimum absolute atomic E-state index is 0.211. The molecule has 92 valence electrons. The molecule has 0 radical (unpaired) electrons. The zero-order valence-electron chi connectivity index (χ0n) is 10.8. The van der Waals surface area contributed by atoms with Crippen LogP contribution in [0, 0.1) is 11.8 Å². The highest BCUT2D eigenvalue weighted by atomic mass is 16.6. The smallest absolute Gasteiger partial charge is 0.0990 e. The molecule has 1 unspecified atom stereocenters. The maximum Gasteiger partial charge on any atom is 0.0990 e. The summed E-state index contributed by atoms with van der Waals surface area (Å²) in [5.41, 5.74) is 1.63. The average molecular weight is 224 g/mol.